The zero-order chi connectivity index (χ0) is 23.6. The van der Waals surface area contributed by atoms with E-state index >= 15 is 0 Å². The van der Waals surface area contributed by atoms with Crippen LogP contribution < -0.4 is 9.47 Å². The van der Waals surface area contributed by atoms with Gasteiger partial charge in [-0.25, -0.2) is 0 Å². The molecule has 0 saturated carbocycles. The first-order valence-electron chi connectivity index (χ1n) is 9.30. The van der Waals surface area contributed by atoms with Gasteiger partial charge in [-0.2, -0.15) is 23.7 Å². The molecule has 32 heavy (non-hydrogen) atoms. The Balaban J connectivity index is 1.89. The van der Waals surface area contributed by atoms with Crippen LogP contribution in [-0.2, 0) is 0 Å². The van der Waals surface area contributed by atoms with Crippen molar-refractivity contribution in [3.05, 3.63) is 51.8 Å². The van der Waals surface area contributed by atoms with Gasteiger partial charge in [-0.05, 0) is 25.1 Å². The van der Waals surface area contributed by atoms with E-state index in [0.29, 0.717) is 11.3 Å². The highest BCUT2D eigenvalue weighted by Gasteiger charge is 2.41. The maximum Gasteiger partial charge on any atom is 0.425 e. The zero-order valence-corrected chi connectivity index (χ0v) is 17.7. The van der Waals surface area contributed by atoms with E-state index in [9.17, 15) is 23.2 Å². The van der Waals surface area contributed by atoms with Gasteiger partial charge in [0.2, 0.25) is 0 Å². The van der Waals surface area contributed by atoms with Crippen molar-refractivity contribution in [2.24, 2.45) is 0 Å². The molecule has 1 atom stereocenters. The van der Waals surface area contributed by atoms with Crippen molar-refractivity contribution in [3.8, 4) is 23.6 Å². The number of nitriles is 2. The number of carbonyl (C=O) groups excluding carboxylic acids is 1. The number of pyridine rings is 1. The van der Waals surface area contributed by atoms with Crippen LogP contribution in [0.25, 0.3) is 0 Å². The molecule has 1 amide bonds. The molecule has 11 heteroatoms. The third-order valence-corrected chi connectivity index (χ3v) is 5.28. The summed E-state index contributed by atoms with van der Waals surface area (Å²) in [4.78, 5) is 18.7. The van der Waals surface area contributed by atoms with Crippen LogP contribution >= 0.6 is 11.6 Å². The highest BCUT2D eigenvalue weighted by Crippen LogP contribution is 2.38. The number of nitrogens with zero attached hydrogens (tertiary/aromatic N) is 4. The van der Waals surface area contributed by atoms with E-state index in [-0.39, 0.29) is 46.7 Å². The number of hydrogen-bond acceptors (Lipinski definition) is 6. The molecule has 1 fully saturated rings. The third-order valence-electron chi connectivity index (χ3n) is 4.98. The smallest absolute Gasteiger partial charge is 0.425 e. The van der Waals surface area contributed by atoms with E-state index in [1.54, 1.807) is 0 Å². The number of aromatic nitrogens is 1. The normalized spacial score (nSPS) is 14.7. The van der Waals surface area contributed by atoms with Crippen molar-refractivity contribution in [1.29, 1.82) is 10.5 Å². The number of amides is 1. The fraction of sp³-hybridized carbons (Fsp3) is 0.333. The first kappa shape index (κ1) is 23.2. The molecule has 0 bridgehead atoms. The maximum absolute atomic E-state index is 13.2. The summed E-state index contributed by atoms with van der Waals surface area (Å²) in [5.74, 6) is -1.37. The van der Waals surface area contributed by atoms with Gasteiger partial charge in [0.05, 0.1) is 29.0 Å². The number of methoxy groups -OCH3 is 1. The van der Waals surface area contributed by atoms with Crippen molar-refractivity contribution in [1.82, 2.24) is 9.88 Å². The first-order valence-corrected chi connectivity index (χ1v) is 9.67. The van der Waals surface area contributed by atoms with Gasteiger partial charge >= 0.3 is 6.18 Å². The van der Waals surface area contributed by atoms with Gasteiger partial charge in [0.1, 0.15) is 23.5 Å². The summed E-state index contributed by atoms with van der Waals surface area (Å²) in [6.45, 7) is 1.19. The Morgan fingerprint density at radius 2 is 2.00 bits per heavy atom. The molecule has 2 aromatic rings. The van der Waals surface area contributed by atoms with Crippen LogP contribution in [0, 0.1) is 22.7 Å². The van der Waals surface area contributed by atoms with E-state index < -0.39 is 18.2 Å². The molecule has 1 aliphatic rings. The highest BCUT2D eigenvalue weighted by molar-refractivity contribution is 6.31. The van der Waals surface area contributed by atoms with Crippen molar-refractivity contribution in [2.75, 3.05) is 20.2 Å². The van der Waals surface area contributed by atoms with Crippen molar-refractivity contribution >= 4 is 17.5 Å². The Kier molecular flexibility index (Phi) is 6.47. The summed E-state index contributed by atoms with van der Waals surface area (Å²) in [6.07, 6.45) is -5.46. The topological polar surface area (TPSA) is 99.2 Å². The Bertz CT molecular complexity index is 1130. The lowest BCUT2D eigenvalue weighted by molar-refractivity contribution is -0.189. The highest BCUT2D eigenvalue weighted by atomic mass is 35.5. The monoisotopic (exact) mass is 464 g/mol. The molecule has 0 radical (unpaired) electrons. The fourth-order valence-electron chi connectivity index (χ4n) is 3.21. The van der Waals surface area contributed by atoms with E-state index in [4.69, 9.17) is 26.3 Å². The Labute approximate surface area is 186 Å². The van der Waals surface area contributed by atoms with E-state index in [1.165, 1.54) is 30.3 Å². The number of likely N-dealkylation sites (tertiary alicyclic amines) is 1. The number of carbonyl (C=O) groups is 1. The Hall–Kier alpha value is -3.50. The molecule has 166 valence electrons. The van der Waals surface area contributed by atoms with Gasteiger partial charge in [-0.3, -0.25) is 9.78 Å². The SMILES string of the molecule is COc1c(C#N)ccc(O[C@@H](C)C(F)(F)F)c1C(=O)N1CC(c2ncc(C#N)cc2Cl)C1. The van der Waals surface area contributed by atoms with Crippen LogP contribution in [0.1, 0.15) is 40.0 Å². The molecule has 7 nitrogen and oxygen atoms in total. The molecule has 0 spiro atoms. The number of alkyl halides is 3. The lowest BCUT2D eigenvalue weighted by atomic mass is 9.93. The average Bonchev–Trinajstić information content (AvgIpc) is 2.72. The van der Waals surface area contributed by atoms with Gasteiger partial charge in [0.25, 0.3) is 5.91 Å². The molecule has 1 aromatic heterocycles. The summed E-state index contributed by atoms with van der Waals surface area (Å²) in [5, 5.41) is 18.5. The zero-order valence-electron chi connectivity index (χ0n) is 16.9. The van der Waals surface area contributed by atoms with Crippen LogP contribution in [0.4, 0.5) is 13.2 Å². The standard InChI is InChI=1S/C21H16ClF3N4O3/c1-11(21(23,24)25)32-16-4-3-13(7-27)19(31-2)17(16)20(30)29-9-14(10-29)18-15(22)5-12(6-26)8-28-18/h3-5,8,11,14H,9-10H2,1-2H3/t11-/m0/s1. The number of rotatable bonds is 5. The summed E-state index contributed by atoms with van der Waals surface area (Å²) in [7, 11) is 1.21. The molecular formula is C21H16ClF3N4O3. The third kappa shape index (κ3) is 4.41. The predicted molar refractivity (Wildman–Crippen MR) is 106 cm³/mol. The van der Waals surface area contributed by atoms with Crippen LogP contribution in [0.5, 0.6) is 11.5 Å². The predicted octanol–water partition coefficient (Wildman–Crippen LogP) is 4.06. The molecule has 2 heterocycles. The lowest BCUT2D eigenvalue weighted by Crippen LogP contribution is -2.49. The summed E-state index contributed by atoms with van der Waals surface area (Å²) >= 11 is 6.17. The molecule has 0 N–H and O–H groups in total. The van der Waals surface area contributed by atoms with E-state index in [2.05, 4.69) is 4.98 Å². The molecule has 1 aromatic carbocycles. The van der Waals surface area contributed by atoms with Gasteiger partial charge in [0.15, 0.2) is 11.9 Å². The Morgan fingerprint density at radius 1 is 1.31 bits per heavy atom. The lowest BCUT2D eigenvalue weighted by Gasteiger charge is -2.39. The number of hydrogen-bond donors (Lipinski definition) is 0. The summed E-state index contributed by atoms with van der Waals surface area (Å²) in [5.41, 5.74) is 0.524. The molecule has 0 unspecified atom stereocenters. The molecular weight excluding hydrogens is 449 g/mol. The summed E-state index contributed by atoms with van der Waals surface area (Å²) in [6, 6.07) is 7.63. The Morgan fingerprint density at radius 3 is 2.53 bits per heavy atom. The quantitative estimate of drug-likeness (QED) is 0.661. The van der Waals surface area contributed by atoms with Crippen molar-refractivity contribution < 1.29 is 27.4 Å². The van der Waals surface area contributed by atoms with E-state index in [1.807, 2.05) is 12.1 Å². The molecule has 1 aliphatic heterocycles. The average molecular weight is 465 g/mol. The second kappa shape index (κ2) is 8.93. The van der Waals surface area contributed by atoms with Crippen molar-refractivity contribution in [2.45, 2.75) is 25.1 Å². The van der Waals surface area contributed by atoms with Crippen LogP contribution in [0.15, 0.2) is 24.4 Å². The van der Waals surface area contributed by atoms with Crippen molar-refractivity contribution in [3.63, 3.8) is 0 Å². The largest absolute Gasteiger partial charge is 0.494 e. The summed E-state index contributed by atoms with van der Waals surface area (Å²) < 4.78 is 49.3. The number of ether oxygens (including phenoxy) is 2. The second-order valence-corrected chi connectivity index (χ2v) is 7.45. The minimum Gasteiger partial charge on any atom is -0.494 e. The first-order chi connectivity index (χ1) is 15.1. The molecule has 1 saturated heterocycles. The van der Waals surface area contributed by atoms with Gasteiger partial charge in [-0.1, -0.05) is 11.6 Å². The van der Waals surface area contributed by atoms with Gasteiger partial charge < -0.3 is 14.4 Å². The molecule has 3 rings (SSSR count). The fourth-order valence-corrected chi connectivity index (χ4v) is 3.53. The molecule has 0 aliphatic carbocycles. The van der Waals surface area contributed by atoms with Crippen LogP contribution in [0.3, 0.4) is 0 Å². The number of benzene rings is 1. The van der Waals surface area contributed by atoms with Crippen LogP contribution in [0.2, 0.25) is 5.02 Å². The van der Waals surface area contributed by atoms with Gasteiger partial charge in [0, 0.05) is 25.2 Å². The number of halogens is 4. The van der Waals surface area contributed by atoms with Crippen LogP contribution in [-0.4, -0.2) is 48.3 Å². The van der Waals surface area contributed by atoms with E-state index in [0.717, 1.165) is 13.0 Å². The van der Waals surface area contributed by atoms with Gasteiger partial charge in [-0.15, -0.1) is 0 Å². The maximum atomic E-state index is 13.2. The minimum atomic E-state index is -4.65. The minimum absolute atomic E-state index is 0.0169. The second-order valence-electron chi connectivity index (χ2n) is 7.04.